The maximum atomic E-state index is 13.1. The van der Waals surface area contributed by atoms with Crippen molar-refractivity contribution in [2.45, 2.75) is 50.2 Å². The first-order valence-electron chi connectivity index (χ1n) is 7.16. The Balaban J connectivity index is 2.29. The molecule has 1 aliphatic rings. The maximum absolute atomic E-state index is 13.1. The summed E-state index contributed by atoms with van der Waals surface area (Å²) in [4.78, 5) is 11.9. The van der Waals surface area contributed by atoms with Gasteiger partial charge in [-0.3, -0.25) is 4.79 Å². The Kier molecular flexibility index (Phi) is 4.35. The Morgan fingerprint density at radius 2 is 2.10 bits per heavy atom. The van der Waals surface area contributed by atoms with Crippen molar-refractivity contribution in [2.75, 3.05) is 6.54 Å². The first-order chi connectivity index (χ1) is 9.79. The van der Waals surface area contributed by atoms with Crippen LogP contribution in [0.3, 0.4) is 0 Å². The lowest BCUT2D eigenvalue weighted by atomic mass is 9.75. The van der Waals surface area contributed by atoms with Gasteiger partial charge in [0, 0.05) is 6.54 Å². The summed E-state index contributed by atoms with van der Waals surface area (Å²) in [6.07, 6.45) is 1.85. The van der Waals surface area contributed by atoms with Crippen LogP contribution in [0.4, 0.5) is 4.39 Å². The topological polar surface area (TPSA) is 72.6 Å². The minimum absolute atomic E-state index is 0.0474. The summed E-state index contributed by atoms with van der Waals surface area (Å²) in [6, 6.07) is 5.52. The third-order valence-corrected chi connectivity index (χ3v) is 4.28. The Bertz CT molecular complexity index is 515. The molecule has 4 nitrogen and oxygen atoms in total. The van der Waals surface area contributed by atoms with Crippen molar-refractivity contribution in [2.24, 2.45) is 5.73 Å². The largest absolute Gasteiger partial charge is 0.481 e. The lowest BCUT2D eigenvalue weighted by Crippen LogP contribution is -2.45. The van der Waals surface area contributed by atoms with Crippen LogP contribution in [0.1, 0.15) is 38.7 Å². The molecule has 21 heavy (non-hydrogen) atoms. The second kappa shape index (κ2) is 5.73. The predicted octanol–water partition coefficient (Wildman–Crippen LogP) is 2.45. The number of aliphatic carboxylic acids is 1. The van der Waals surface area contributed by atoms with E-state index in [1.807, 2.05) is 13.8 Å². The van der Waals surface area contributed by atoms with Gasteiger partial charge in [-0.25, -0.2) is 4.39 Å². The van der Waals surface area contributed by atoms with Gasteiger partial charge in [-0.05, 0) is 50.8 Å². The van der Waals surface area contributed by atoms with Gasteiger partial charge in [-0.15, -0.1) is 0 Å². The van der Waals surface area contributed by atoms with E-state index in [9.17, 15) is 14.3 Å². The molecule has 1 saturated heterocycles. The molecule has 5 heteroatoms. The number of carboxylic acid groups (broad SMARTS) is 1. The lowest BCUT2D eigenvalue weighted by Gasteiger charge is -2.31. The quantitative estimate of drug-likeness (QED) is 0.875. The lowest BCUT2D eigenvalue weighted by molar-refractivity contribution is -0.145. The number of ether oxygens (including phenoxy) is 1. The SMILES string of the molecule is CC1(C)CCC(CC(CN)(C(=O)O)c2ccc(F)cc2)O1. The molecule has 0 saturated carbocycles. The van der Waals surface area contributed by atoms with Crippen LogP contribution in [0.25, 0.3) is 0 Å². The van der Waals surface area contributed by atoms with E-state index in [1.54, 1.807) is 0 Å². The standard InChI is InChI=1S/C16H22FNO3/c1-15(2)8-7-13(21-15)9-16(10-18,14(19)20)11-3-5-12(17)6-4-11/h3-6,13H,7-10,18H2,1-2H3,(H,19,20). The predicted molar refractivity (Wildman–Crippen MR) is 77.6 cm³/mol. The molecule has 1 heterocycles. The summed E-state index contributed by atoms with van der Waals surface area (Å²) in [5.74, 6) is -1.39. The number of rotatable bonds is 5. The molecule has 0 bridgehead atoms. The number of nitrogens with two attached hydrogens (primary N) is 1. The minimum Gasteiger partial charge on any atom is -0.481 e. The van der Waals surface area contributed by atoms with Crippen molar-refractivity contribution < 1.29 is 19.0 Å². The minimum atomic E-state index is -1.24. The molecule has 1 fully saturated rings. The molecule has 0 aromatic heterocycles. The van der Waals surface area contributed by atoms with Crippen molar-refractivity contribution in [1.29, 1.82) is 0 Å². The van der Waals surface area contributed by atoms with Crippen LogP contribution in [-0.2, 0) is 14.9 Å². The normalized spacial score (nSPS) is 23.7. The van der Waals surface area contributed by atoms with Crippen LogP contribution >= 0.6 is 0 Å². The highest BCUT2D eigenvalue weighted by Crippen LogP contribution is 2.38. The first-order valence-corrected chi connectivity index (χ1v) is 7.16. The van der Waals surface area contributed by atoms with E-state index < -0.39 is 17.2 Å². The van der Waals surface area contributed by atoms with Gasteiger partial charge in [0.05, 0.1) is 11.7 Å². The van der Waals surface area contributed by atoms with Crippen LogP contribution in [0.15, 0.2) is 24.3 Å². The van der Waals surface area contributed by atoms with E-state index in [4.69, 9.17) is 10.5 Å². The molecule has 3 N–H and O–H groups in total. The van der Waals surface area contributed by atoms with Crippen molar-refractivity contribution in [1.82, 2.24) is 0 Å². The Morgan fingerprint density at radius 3 is 2.52 bits per heavy atom. The number of hydrogen-bond donors (Lipinski definition) is 2. The maximum Gasteiger partial charge on any atom is 0.315 e. The van der Waals surface area contributed by atoms with E-state index in [0.29, 0.717) is 12.0 Å². The third-order valence-electron chi connectivity index (χ3n) is 4.28. The molecule has 0 spiro atoms. The molecule has 0 radical (unpaired) electrons. The fourth-order valence-electron chi connectivity index (χ4n) is 3.00. The summed E-state index contributed by atoms with van der Waals surface area (Å²) in [6.45, 7) is 3.94. The monoisotopic (exact) mass is 295 g/mol. The zero-order valence-electron chi connectivity index (χ0n) is 12.4. The van der Waals surface area contributed by atoms with Gasteiger partial charge in [0.25, 0.3) is 0 Å². The van der Waals surface area contributed by atoms with Crippen molar-refractivity contribution in [3.05, 3.63) is 35.6 Å². The molecule has 2 atom stereocenters. The average Bonchev–Trinajstić information content (AvgIpc) is 2.76. The summed E-state index contributed by atoms with van der Waals surface area (Å²) < 4.78 is 19.0. The number of carboxylic acids is 1. The van der Waals surface area contributed by atoms with Crippen LogP contribution in [-0.4, -0.2) is 29.3 Å². The van der Waals surface area contributed by atoms with Crippen LogP contribution in [0, 0.1) is 5.82 Å². The Hall–Kier alpha value is -1.46. The van der Waals surface area contributed by atoms with Gasteiger partial charge >= 0.3 is 5.97 Å². The second-order valence-corrected chi connectivity index (χ2v) is 6.34. The van der Waals surface area contributed by atoms with Gasteiger partial charge in [0.1, 0.15) is 11.2 Å². The van der Waals surface area contributed by atoms with Gasteiger partial charge in [-0.2, -0.15) is 0 Å². The highest BCUT2D eigenvalue weighted by molar-refractivity contribution is 5.81. The fourth-order valence-corrected chi connectivity index (χ4v) is 3.00. The molecular formula is C16H22FNO3. The molecule has 116 valence electrons. The zero-order valence-corrected chi connectivity index (χ0v) is 12.4. The number of benzene rings is 1. The second-order valence-electron chi connectivity index (χ2n) is 6.34. The molecule has 1 aromatic carbocycles. The van der Waals surface area contributed by atoms with E-state index in [-0.39, 0.29) is 18.2 Å². The Morgan fingerprint density at radius 1 is 1.48 bits per heavy atom. The molecule has 1 aliphatic heterocycles. The van der Waals surface area contributed by atoms with Gasteiger partial charge < -0.3 is 15.6 Å². The van der Waals surface area contributed by atoms with Gasteiger partial charge in [0.2, 0.25) is 0 Å². The van der Waals surface area contributed by atoms with Gasteiger partial charge in [0.15, 0.2) is 0 Å². The van der Waals surface area contributed by atoms with E-state index in [1.165, 1.54) is 24.3 Å². The number of hydrogen-bond acceptors (Lipinski definition) is 3. The molecular weight excluding hydrogens is 273 g/mol. The van der Waals surface area contributed by atoms with Crippen LogP contribution in [0.5, 0.6) is 0 Å². The molecule has 0 amide bonds. The third kappa shape index (κ3) is 3.24. The summed E-state index contributed by atoms with van der Waals surface area (Å²) in [5.41, 5.74) is 4.85. The number of carbonyl (C=O) groups is 1. The zero-order chi connectivity index (χ0) is 15.7. The number of halogens is 1. The molecule has 1 aromatic rings. The van der Waals surface area contributed by atoms with E-state index in [0.717, 1.165) is 12.8 Å². The smallest absolute Gasteiger partial charge is 0.315 e. The highest BCUT2D eigenvalue weighted by Gasteiger charge is 2.44. The van der Waals surface area contributed by atoms with Crippen LogP contribution in [0.2, 0.25) is 0 Å². The molecule has 2 rings (SSSR count). The molecule has 2 unspecified atom stereocenters. The summed E-state index contributed by atoms with van der Waals surface area (Å²) in [7, 11) is 0. The summed E-state index contributed by atoms with van der Waals surface area (Å²) in [5, 5.41) is 9.71. The molecule has 0 aliphatic carbocycles. The Labute approximate surface area is 124 Å². The fraction of sp³-hybridized carbons (Fsp3) is 0.562. The van der Waals surface area contributed by atoms with Crippen molar-refractivity contribution >= 4 is 5.97 Å². The highest BCUT2D eigenvalue weighted by atomic mass is 19.1. The van der Waals surface area contributed by atoms with Crippen molar-refractivity contribution in [3.63, 3.8) is 0 Å². The van der Waals surface area contributed by atoms with E-state index in [2.05, 4.69) is 0 Å². The summed E-state index contributed by atoms with van der Waals surface area (Å²) >= 11 is 0. The average molecular weight is 295 g/mol. The van der Waals surface area contributed by atoms with E-state index >= 15 is 0 Å². The van der Waals surface area contributed by atoms with Crippen molar-refractivity contribution in [3.8, 4) is 0 Å². The first kappa shape index (κ1) is 15.9. The van der Waals surface area contributed by atoms with Crippen LogP contribution < -0.4 is 5.73 Å². The van der Waals surface area contributed by atoms with Gasteiger partial charge in [-0.1, -0.05) is 12.1 Å².